The molecule has 100 valence electrons. The molecule has 0 aliphatic heterocycles. The maximum absolute atomic E-state index is 6.26. The minimum absolute atomic E-state index is 0.337. The van der Waals surface area contributed by atoms with Gasteiger partial charge in [-0.25, -0.2) is 0 Å². The van der Waals surface area contributed by atoms with Crippen LogP contribution in [0.5, 0.6) is 0 Å². The fraction of sp³-hybridized carbons (Fsp3) is 0.250. The van der Waals surface area contributed by atoms with E-state index in [1.807, 2.05) is 18.2 Å². The Morgan fingerprint density at radius 3 is 2.70 bits per heavy atom. The molecular formula is C16H15N3O. The van der Waals surface area contributed by atoms with Gasteiger partial charge in [0, 0.05) is 5.92 Å². The molecule has 0 bridgehead atoms. The predicted molar refractivity (Wildman–Crippen MR) is 76.3 cm³/mol. The Morgan fingerprint density at radius 2 is 1.90 bits per heavy atom. The molecule has 1 aliphatic carbocycles. The van der Waals surface area contributed by atoms with E-state index in [0.717, 1.165) is 24.3 Å². The van der Waals surface area contributed by atoms with Gasteiger partial charge in [-0.2, -0.15) is 4.98 Å². The third kappa shape index (κ3) is 1.98. The fourth-order valence-electron chi connectivity index (χ4n) is 2.42. The van der Waals surface area contributed by atoms with E-state index in [1.54, 1.807) is 0 Å². The lowest BCUT2D eigenvalue weighted by Gasteiger charge is -2.08. The third-order valence-electron chi connectivity index (χ3n) is 3.79. The first-order valence-corrected chi connectivity index (χ1v) is 6.89. The Bertz CT molecular complexity index is 761. The number of nitrogens with zero attached hydrogens (tertiary/aromatic N) is 2. The van der Waals surface area contributed by atoms with Gasteiger partial charge in [0.2, 0.25) is 5.89 Å². The van der Waals surface area contributed by atoms with Crippen molar-refractivity contribution in [2.24, 2.45) is 5.73 Å². The predicted octanol–water partition coefficient (Wildman–Crippen LogP) is 3.15. The number of hydrogen-bond acceptors (Lipinski definition) is 4. The van der Waals surface area contributed by atoms with Gasteiger partial charge in [0.05, 0.1) is 6.04 Å². The van der Waals surface area contributed by atoms with Gasteiger partial charge < -0.3 is 10.3 Å². The van der Waals surface area contributed by atoms with Gasteiger partial charge in [-0.3, -0.25) is 0 Å². The van der Waals surface area contributed by atoms with Gasteiger partial charge in [0.1, 0.15) is 0 Å². The summed E-state index contributed by atoms with van der Waals surface area (Å²) < 4.78 is 5.28. The van der Waals surface area contributed by atoms with E-state index in [4.69, 9.17) is 10.3 Å². The van der Waals surface area contributed by atoms with Crippen molar-refractivity contribution in [2.45, 2.75) is 24.8 Å². The largest absolute Gasteiger partial charge is 0.339 e. The zero-order valence-corrected chi connectivity index (χ0v) is 11.0. The maximum atomic E-state index is 6.26. The topological polar surface area (TPSA) is 64.9 Å². The first-order valence-electron chi connectivity index (χ1n) is 6.89. The molecule has 1 atom stereocenters. The van der Waals surface area contributed by atoms with E-state index < -0.39 is 0 Å². The van der Waals surface area contributed by atoms with Crippen molar-refractivity contribution in [3.63, 3.8) is 0 Å². The number of aromatic nitrogens is 2. The van der Waals surface area contributed by atoms with Gasteiger partial charge in [0.25, 0.3) is 0 Å². The summed E-state index contributed by atoms with van der Waals surface area (Å²) in [6.45, 7) is 0. The molecule has 1 unspecified atom stereocenters. The Kier molecular flexibility index (Phi) is 2.57. The van der Waals surface area contributed by atoms with Crippen molar-refractivity contribution < 1.29 is 4.52 Å². The second kappa shape index (κ2) is 4.42. The monoisotopic (exact) mass is 265 g/mol. The molecule has 0 radical (unpaired) electrons. The lowest BCUT2D eigenvalue weighted by Crippen LogP contribution is -2.13. The number of rotatable bonds is 3. The van der Waals surface area contributed by atoms with E-state index in [0.29, 0.717) is 11.7 Å². The molecule has 1 saturated carbocycles. The van der Waals surface area contributed by atoms with Crippen LogP contribution in [-0.4, -0.2) is 10.1 Å². The number of benzene rings is 2. The van der Waals surface area contributed by atoms with Crippen molar-refractivity contribution >= 4 is 10.8 Å². The average molecular weight is 265 g/mol. The molecule has 4 heteroatoms. The Labute approximate surface area is 116 Å². The number of nitrogens with two attached hydrogens (primary N) is 1. The molecule has 1 heterocycles. The molecule has 0 spiro atoms. The van der Waals surface area contributed by atoms with Gasteiger partial charge in [-0.15, -0.1) is 0 Å². The number of fused-ring (bicyclic) bond motifs is 1. The van der Waals surface area contributed by atoms with Crippen LogP contribution in [0.15, 0.2) is 47.0 Å². The molecule has 1 aliphatic rings. The summed E-state index contributed by atoms with van der Waals surface area (Å²) in [4.78, 5) is 4.43. The molecule has 3 aromatic rings. The van der Waals surface area contributed by atoms with Crippen molar-refractivity contribution in [3.05, 3.63) is 59.7 Å². The summed E-state index contributed by atoms with van der Waals surface area (Å²) in [6.07, 6.45) is 2.29. The molecule has 1 fully saturated rings. The molecule has 2 aromatic carbocycles. The molecule has 2 N–H and O–H groups in total. The van der Waals surface area contributed by atoms with Gasteiger partial charge in [-0.1, -0.05) is 41.6 Å². The van der Waals surface area contributed by atoms with Gasteiger partial charge in [-0.05, 0) is 35.2 Å². The Hall–Kier alpha value is -2.20. The second-order valence-electron chi connectivity index (χ2n) is 5.35. The van der Waals surface area contributed by atoms with Crippen molar-refractivity contribution in [3.8, 4) is 0 Å². The number of hydrogen-bond donors (Lipinski definition) is 1. The summed E-state index contributed by atoms with van der Waals surface area (Å²) in [6, 6.07) is 14.1. The molecule has 4 nitrogen and oxygen atoms in total. The highest BCUT2D eigenvalue weighted by Crippen LogP contribution is 2.39. The minimum atomic E-state index is -0.337. The summed E-state index contributed by atoms with van der Waals surface area (Å²) in [5.74, 6) is 1.76. The van der Waals surface area contributed by atoms with E-state index in [9.17, 15) is 0 Å². The Balaban J connectivity index is 1.69. The van der Waals surface area contributed by atoms with Gasteiger partial charge in [0.15, 0.2) is 5.82 Å². The molecule has 0 saturated heterocycles. The van der Waals surface area contributed by atoms with E-state index in [2.05, 4.69) is 34.4 Å². The van der Waals surface area contributed by atoms with E-state index in [-0.39, 0.29) is 6.04 Å². The van der Waals surface area contributed by atoms with Crippen LogP contribution in [-0.2, 0) is 0 Å². The van der Waals surface area contributed by atoms with Crippen LogP contribution in [0.4, 0.5) is 0 Å². The lowest BCUT2D eigenvalue weighted by atomic mass is 10.0. The molecule has 4 rings (SSSR count). The summed E-state index contributed by atoms with van der Waals surface area (Å²) in [5.41, 5.74) is 7.26. The quantitative estimate of drug-likeness (QED) is 0.790. The van der Waals surface area contributed by atoms with Crippen LogP contribution < -0.4 is 5.73 Å². The van der Waals surface area contributed by atoms with Crippen LogP contribution >= 0.6 is 0 Å². The van der Waals surface area contributed by atoms with Crippen LogP contribution in [0.25, 0.3) is 10.8 Å². The minimum Gasteiger partial charge on any atom is -0.339 e. The van der Waals surface area contributed by atoms with Crippen LogP contribution in [0.3, 0.4) is 0 Å². The van der Waals surface area contributed by atoms with Crippen LogP contribution in [0.2, 0.25) is 0 Å². The zero-order valence-electron chi connectivity index (χ0n) is 11.0. The van der Waals surface area contributed by atoms with Crippen LogP contribution in [0, 0.1) is 0 Å². The standard InChI is InChI=1S/C16H15N3O/c17-14(15-18-16(20-19-15)11-6-7-11)13-8-5-10-3-1-2-4-12(10)9-13/h1-5,8-9,11,14H,6-7,17H2. The SMILES string of the molecule is NC(c1ccc2ccccc2c1)c1noc(C2CC2)n1. The Morgan fingerprint density at radius 1 is 1.10 bits per heavy atom. The van der Waals surface area contributed by atoms with Crippen LogP contribution in [0.1, 0.15) is 42.1 Å². The van der Waals surface area contributed by atoms with E-state index >= 15 is 0 Å². The fourth-order valence-corrected chi connectivity index (χ4v) is 2.42. The van der Waals surface area contributed by atoms with Gasteiger partial charge >= 0.3 is 0 Å². The summed E-state index contributed by atoms with van der Waals surface area (Å²) >= 11 is 0. The molecule has 0 amide bonds. The zero-order chi connectivity index (χ0) is 13.5. The highest BCUT2D eigenvalue weighted by molar-refractivity contribution is 5.83. The molecular weight excluding hydrogens is 250 g/mol. The third-order valence-corrected chi connectivity index (χ3v) is 3.79. The second-order valence-corrected chi connectivity index (χ2v) is 5.35. The molecule has 20 heavy (non-hydrogen) atoms. The van der Waals surface area contributed by atoms with Crippen molar-refractivity contribution in [1.82, 2.24) is 10.1 Å². The average Bonchev–Trinajstić information content (AvgIpc) is 3.23. The normalized spacial score (nSPS) is 16.4. The van der Waals surface area contributed by atoms with E-state index in [1.165, 1.54) is 10.8 Å². The highest BCUT2D eigenvalue weighted by atomic mass is 16.5. The van der Waals surface area contributed by atoms with Crippen molar-refractivity contribution in [1.29, 1.82) is 0 Å². The smallest absolute Gasteiger partial charge is 0.229 e. The summed E-state index contributed by atoms with van der Waals surface area (Å²) in [7, 11) is 0. The first-order chi connectivity index (χ1) is 9.81. The first kappa shape index (κ1) is 11.6. The molecule has 1 aromatic heterocycles. The maximum Gasteiger partial charge on any atom is 0.229 e. The summed E-state index contributed by atoms with van der Waals surface area (Å²) in [5, 5.41) is 6.40. The lowest BCUT2D eigenvalue weighted by molar-refractivity contribution is 0.372. The van der Waals surface area contributed by atoms with Crippen molar-refractivity contribution in [2.75, 3.05) is 0 Å². The highest BCUT2D eigenvalue weighted by Gasteiger charge is 2.30.